The van der Waals surface area contributed by atoms with Crippen LogP contribution in [0.3, 0.4) is 0 Å². The van der Waals surface area contributed by atoms with Gasteiger partial charge < -0.3 is 16.4 Å². The molecule has 1 heterocycles. The van der Waals surface area contributed by atoms with Gasteiger partial charge in [-0.1, -0.05) is 30.3 Å². The van der Waals surface area contributed by atoms with Crippen molar-refractivity contribution in [1.82, 2.24) is 15.5 Å². The number of nitrogens with two attached hydrogens (primary N) is 1. The summed E-state index contributed by atoms with van der Waals surface area (Å²) >= 11 is 0. The number of amides is 1. The second-order valence-electron chi connectivity index (χ2n) is 8.41. The van der Waals surface area contributed by atoms with Crippen LogP contribution in [-0.4, -0.2) is 55.0 Å². The molecule has 1 amide bonds. The van der Waals surface area contributed by atoms with E-state index in [0.29, 0.717) is 18.4 Å². The molecule has 0 bridgehead atoms. The van der Waals surface area contributed by atoms with E-state index in [0.717, 1.165) is 45.4 Å². The van der Waals surface area contributed by atoms with Gasteiger partial charge in [-0.25, -0.2) is 0 Å². The van der Waals surface area contributed by atoms with Crippen LogP contribution < -0.4 is 16.4 Å². The van der Waals surface area contributed by atoms with E-state index >= 15 is 0 Å². The molecule has 0 spiro atoms. The Morgan fingerprint density at radius 3 is 2.52 bits per heavy atom. The number of rotatable bonds is 7. The maximum absolute atomic E-state index is 12.0. The molecule has 150 valence electrons. The molecule has 1 fully saturated rings. The molecule has 0 radical (unpaired) electrons. The van der Waals surface area contributed by atoms with Gasteiger partial charge >= 0.3 is 0 Å². The highest BCUT2D eigenvalue weighted by molar-refractivity contribution is 5.78. The van der Waals surface area contributed by atoms with Crippen molar-refractivity contribution in [2.45, 2.75) is 45.6 Å². The SMILES string of the molecule is CC(C)(C)NC(=O)CN1CCC(CN=C(N)NCCc2ccccc2)CC1. The third-order valence-electron chi connectivity index (χ3n) is 4.67. The van der Waals surface area contributed by atoms with Crippen molar-refractivity contribution in [2.75, 3.05) is 32.7 Å². The van der Waals surface area contributed by atoms with Crippen molar-refractivity contribution in [2.24, 2.45) is 16.6 Å². The van der Waals surface area contributed by atoms with E-state index in [1.54, 1.807) is 0 Å². The van der Waals surface area contributed by atoms with Crippen LogP contribution in [0.1, 0.15) is 39.2 Å². The number of likely N-dealkylation sites (tertiary alicyclic amines) is 1. The molecule has 1 saturated heterocycles. The minimum absolute atomic E-state index is 0.103. The van der Waals surface area contributed by atoms with Gasteiger partial charge in [0.15, 0.2) is 5.96 Å². The lowest BCUT2D eigenvalue weighted by molar-refractivity contribution is -0.124. The van der Waals surface area contributed by atoms with Crippen molar-refractivity contribution in [1.29, 1.82) is 0 Å². The van der Waals surface area contributed by atoms with Gasteiger partial charge in [0.25, 0.3) is 0 Å². The van der Waals surface area contributed by atoms with Gasteiger partial charge in [-0.2, -0.15) is 0 Å². The molecule has 0 atom stereocenters. The van der Waals surface area contributed by atoms with E-state index in [1.807, 2.05) is 39.0 Å². The fourth-order valence-corrected chi connectivity index (χ4v) is 3.25. The van der Waals surface area contributed by atoms with Gasteiger partial charge in [0.1, 0.15) is 0 Å². The Hall–Kier alpha value is -2.08. The molecule has 1 aliphatic rings. The van der Waals surface area contributed by atoms with E-state index in [1.165, 1.54) is 5.56 Å². The summed E-state index contributed by atoms with van der Waals surface area (Å²) in [4.78, 5) is 18.8. The molecule has 0 aliphatic carbocycles. The lowest BCUT2D eigenvalue weighted by atomic mass is 9.97. The first-order chi connectivity index (χ1) is 12.8. The second-order valence-corrected chi connectivity index (χ2v) is 8.41. The molecule has 0 saturated carbocycles. The predicted molar refractivity (Wildman–Crippen MR) is 112 cm³/mol. The van der Waals surface area contributed by atoms with Gasteiger partial charge in [0.2, 0.25) is 5.91 Å². The van der Waals surface area contributed by atoms with Crippen LogP contribution in [0.25, 0.3) is 0 Å². The smallest absolute Gasteiger partial charge is 0.234 e. The number of carbonyl (C=O) groups excluding carboxylic acids is 1. The first kappa shape index (κ1) is 21.2. The van der Waals surface area contributed by atoms with Gasteiger partial charge in [-0.3, -0.25) is 14.7 Å². The van der Waals surface area contributed by atoms with Crippen molar-refractivity contribution in [3.05, 3.63) is 35.9 Å². The Morgan fingerprint density at radius 1 is 1.22 bits per heavy atom. The topological polar surface area (TPSA) is 82.8 Å². The second kappa shape index (κ2) is 10.3. The van der Waals surface area contributed by atoms with Gasteiger partial charge in [0.05, 0.1) is 6.54 Å². The number of carbonyl (C=O) groups is 1. The molecule has 0 unspecified atom stereocenters. The molecule has 6 nitrogen and oxygen atoms in total. The largest absolute Gasteiger partial charge is 0.370 e. The van der Waals surface area contributed by atoms with Crippen LogP contribution in [0.5, 0.6) is 0 Å². The Kier molecular flexibility index (Phi) is 8.10. The summed E-state index contributed by atoms with van der Waals surface area (Å²) in [5.41, 5.74) is 7.10. The lowest BCUT2D eigenvalue weighted by Gasteiger charge is -2.31. The fraction of sp³-hybridized carbons (Fsp3) is 0.619. The van der Waals surface area contributed by atoms with Crippen LogP contribution in [0.2, 0.25) is 0 Å². The average Bonchev–Trinajstić information content (AvgIpc) is 2.60. The van der Waals surface area contributed by atoms with E-state index in [2.05, 4.69) is 32.7 Å². The monoisotopic (exact) mass is 373 g/mol. The lowest BCUT2D eigenvalue weighted by Crippen LogP contribution is -2.47. The minimum atomic E-state index is -0.171. The van der Waals surface area contributed by atoms with Crippen LogP contribution >= 0.6 is 0 Å². The Balaban J connectivity index is 1.62. The van der Waals surface area contributed by atoms with Crippen LogP contribution in [-0.2, 0) is 11.2 Å². The molecule has 1 aromatic rings. The summed E-state index contributed by atoms with van der Waals surface area (Å²) in [6.07, 6.45) is 3.05. The molecule has 0 aromatic heterocycles. The molecular formula is C21H35N5O. The van der Waals surface area contributed by atoms with E-state index in [9.17, 15) is 4.79 Å². The highest BCUT2D eigenvalue weighted by Crippen LogP contribution is 2.17. The zero-order valence-corrected chi connectivity index (χ0v) is 17.0. The number of hydrogen-bond acceptors (Lipinski definition) is 3. The third-order valence-corrected chi connectivity index (χ3v) is 4.67. The van der Waals surface area contributed by atoms with E-state index in [-0.39, 0.29) is 11.4 Å². The highest BCUT2D eigenvalue weighted by Gasteiger charge is 2.22. The molecule has 1 aromatic carbocycles. The van der Waals surface area contributed by atoms with E-state index in [4.69, 9.17) is 5.73 Å². The number of nitrogens with one attached hydrogen (secondary N) is 2. The summed E-state index contributed by atoms with van der Waals surface area (Å²) in [6.45, 7) is 9.94. The maximum atomic E-state index is 12.0. The molecule has 1 aliphatic heterocycles. The number of nitrogens with zero attached hydrogens (tertiary/aromatic N) is 2. The van der Waals surface area contributed by atoms with Crippen LogP contribution in [0.15, 0.2) is 35.3 Å². The summed E-state index contributed by atoms with van der Waals surface area (Å²) in [7, 11) is 0. The van der Waals surface area contributed by atoms with Gasteiger partial charge in [-0.05, 0) is 64.6 Å². The van der Waals surface area contributed by atoms with Crippen molar-refractivity contribution in [3.63, 3.8) is 0 Å². The molecule has 6 heteroatoms. The summed E-state index contributed by atoms with van der Waals surface area (Å²) in [5.74, 6) is 1.17. The number of hydrogen-bond donors (Lipinski definition) is 3. The number of benzene rings is 1. The Morgan fingerprint density at radius 2 is 1.89 bits per heavy atom. The van der Waals surface area contributed by atoms with Crippen molar-refractivity contribution >= 4 is 11.9 Å². The molecule has 2 rings (SSSR count). The fourth-order valence-electron chi connectivity index (χ4n) is 3.25. The Labute approximate surface area is 163 Å². The van der Waals surface area contributed by atoms with Gasteiger partial charge in [0, 0.05) is 18.6 Å². The van der Waals surface area contributed by atoms with Crippen LogP contribution in [0, 0.1) is 5.92 Å². The summed E-state index contributed by atoms with van der Waals surface area (Å²) < 4.78 is 0. The highest BCUT2D eigenvalue weighted by atomic mass is 16.2. The van der Waals surface area contributed by atoms with Crippen molar-refractivity contribution in [3.8, 4) is 0 Å². The maximum Gasteiger partial charge on any atom is 0.234 e. The zero-order valence-electron chi connectivity index (χ0n) is 17.0. The van der Waals surface area contributed by atoms with Gasteiger partial charge in [-0.15, -0.1) is 0 Å². The number of guanidine groups is 1. The first-order valence-electron chi connectivity index (χ1n) is 9.93. The molecule has 27 heavy (non-hydrogen) atoms. The number of piperidine rings is 1. The Bertz CT molecular complexity index is 601. The predicted octanol–water partition coefficient (Wildman–Crippen LogP) is 1.76. The van der Waals surface area contributed by atoms with E-state index < -0.39 is 0 Å². The van der Waals surface area contributed by atoms with Crippen LogP contribution in [0.4, 0.5) is 0 Å². The third kappa shape index (κ3) is 8.91. The molecular weight excluding hydrogens is 338 g/mol. The number of aliphatic imine (C=N–C) groups is 1. The van der Waals surface area contributed by atoms with Crippen molar-refractivity contribution < 1.29 is 4.79 Å². The summed E-state index contributed by atoms with van der Waals surface area (Å²) in [5, 5.41) is 6.21. The first-order valence-corrected chi connectivity index (χ1v) is 9.93. The summed E-state index contributed by atoms with van der Waals surface area (Å²) in [6, 6.07) is 10.3. The zero-order chi connectivity index (χ0) is 19.7. The minimum Gasteiger partial charge on any atom is -0.370 e. The normalized spacial score (nSPS) is 16.9. The quantitative estimate of drug-likeness (QED) is 0.502. The standard InChI is InChI=1S/C21H35N5O/c1-21(2,3)25-19(27)16-26-13-10-18(11-14-26)15-24-20(22)23-12-9-17-7-5-4-6-8-17/h4-8,18H,9-16H2,1-3H3,(H,25,27)(H3,22,23,24). The average molecular weight is 374 g/mol. The molecule has 4 N–H and O–H groups in total.